The molecule has 0 amide bonds. The Morgan fingerprint density at radius 1 is 1.30 bits per heavy atom. The molecule has 0 atom stereocenters. The van der Waals surface area contributed by atoms with Crippen molar-refractivity contribution in [3.8, 4) is 11.5 Å². The number of ether oxygens (including phenoxy) is 2. The van der Waals surface area contributed by atoms with Gasteiger partial charge in [0, 0.05) is 12.0 Å². The van der Waals surface area contributed by atoms with E-state index in [0.717, 1.165) is 0 Å². The first kappa shape index (κ1) is 16.1. The van der Waals surface area contributed by atoms with Crippen LogP contribution in [0.2, 0.25) is 0 Å². The number of alkyl halides is 3. The molecule has 0 fully saturated rings. The summed E-state index contributed by atoms with van der Waals surface area (Å²) in [6.45, 7) is 1.56. The van der Waals surface area contributed by atoms with Gasteiger partial charge < -0.3 is 14.7 Å². The van der Waals surface area contributed by atoms with Gasteiger partial charge in [-0.2, -0.15) is 13.2 Å². The van der Waals surface area contributed by atoms with Gasteiger partial charge in [-0.3, -0.25) is 0 Å². The van der Waals surface area contributed by atoms with E-state index in [0.29, 0.717) is 22.8 Å². The lowest BCUT2D eigenvalue weighted by atomic mass is 10.1. The monoisotopic (exact) mass is 291 g/mol. The normalized spacial score (nSPS) is 12.3. The Morgan fingerprint density at radius 2 is 2.00 bits per heavy atom. The first-order chi connectivity index (χ1) is 9.37. The SMILES string of the molecule is COc1cc(/C(C)=N/O)ccc1OCCCC(F)(F)F. The van der Waals surface area contributed by atoms with Crippen LogP contribution >= 0.6 is 0 Å². The summed E-state index contributed by atoms with van der Waals surface area (Å²) in [4.78, 5) is 0. The van der Waals surface area contributed by atoms with E-state index in [2.05, 4.69) is 5.16 Å². The van der Waals surface area contributed by atoms with Crippen LogP contribution < -0.4 is 9.47 Å². The van der Waals surface area contributed by atoms with Gasteiger partial charge in [-0.25, -0.2) is 0 Å². The fourth-order valence-corrected chi connectivity index (χ4v) is 1.52. The molecule has 1 aromatic rings. The maximum absolute atomic E-state index is 12.0. The summed E-state index contributed by atoms with van der Waals surface area (Å²) in [5.41, 5.74) is 1.03. The van der Waals surface area contributed by atoms with E-state index >= 15 is 0 Å². The molecule has 0 saturated carbocycles. The largest absolute Gasteiger partial charge is 0.493 e. The fraction of sp³-hybridized carbons (Fsp3) is 0.462. The summed E-state index contributed by atoms with van der Waals surface area (Å²) < 4.78 is 46.3. The molecule has 0 aliphatic rings. The second kappa shape index (κ2) is 7.02. The van der Waals surface area contributed by atoms with Crippen LogP contribution in [0.25, 0.3) is 0 Å². The third-order valence-electron chi connectivity index (χ3n) is 2.59. The Morgan fingerprint density at radius 3 is 2.55 bits per heavy atom. The van der Waals surface area contributed by atoms with Crippen molar-refractivity contribution in [1.29, 1.82) is 0 Å². The molecule has 0 unspecified atom stereocenters. The van der Waals surface area contributed by atoms with E-state index in [9.17, 15) is 13.2 Å². The predicted molar refractivity (Wildman–Crippen MR) is 67.8 cm³/mol. The fourth-order valence-electron chi connectivity index (χ4n) is 1.52. The molecule has 7 heteroatoms. The van der Waals surface area contributed by atoms with Crippen LogP contribution in [0, 0.1) is 0 Å². The summed E-state index contributed by atoms with van der Waals surface area (Å²) in [6.07, 6.45) is -5.18. The Balaban J connectivity index is 2.67. The van der Waals surface area contributed by atoms with E-state index in [-0.39, 0.29) is 13.0 Å². The quantitative estimate of drug-likeness (QED) is 0.377. The minimum atomic E-state index is -4.17. The minimum absolute atomic E-state index is 0.0533. The summed E-state index contributed by atoms with van der Waals surface area (Å²) in [5, 5.41) is 11.7. The molecular weight excluding hydrogens is 275 g/mol. The number of nitrogens with zero attached hydrogens (tertiary/aromatic N) is 1. The number of benzene rings is 1. The van der Waals surface area contributed by atoms with E-state index < -0.39 is 12.6 Å². The smallest absolute Gasteiger partial charge is 0.389 e. The van der Waals surface area contributed by atoms with Gasteiger partial charge in [0.1, 0.15) is 0 Å². The first-order valence-electron chi connectivity index (χ1n) is 5.94. The van der Waals surface area contributed by atoms with Crippen molar-refractivity contribution in [2.45, 2.75) is 25.9 Å². The van der Waals surface area contributed by atoms with Crippen molar-refractivity contribution in [3.63, 3.8) is 0 Å². The van der Waals surface area contributed by atoms with Crippen LogP contribution in [0.4, 0.5) is 13.2 Å². The van der Waals surface area contributed by atoms with Crippen LogP contribution in [-0.2, 0) is 0 Å². The second-order valence-corrected chi connectivity index (χ2v) is 4.12. The molecule has 1 rings (SSSR count). The lowest BCUT2D eigenvalue weighted by Crippen LogP contribution is -2.10. The zero-order valence-electron chi connectivity index (χ0n) is 11.2. The van der Waals surface area contributed by atoms with Gasteiger partial charge >= 0.3 is 6.18 Å². The van der Waals surface area contributed by atoms with Crippen molar-refractivity contribution in [2.75, 3.05) is 13.7 Å². The molecule has 0 aliphatic heterocycles. The van der Waals surface area contributed by atoms with Crippen LogP contribution in [-0.4, -0.2) is 30.8 Å². The summed E-state index contributed by atoms with van der Waals surface area (Å²) in [5.74, 6) is 0.724. The highest BCUT2D eigenvalue weighted by Gasteiger charge is 2.26. The zero-order valence-corrected chi connectivity index (χ0v) is 11.2. The number of rotatable bonds is 6. The van der Waals surface area contributed by atoms with Gasteiger partial charge in [-0.05, 0) is 31.5 Å². The van der Waals surface area contributed by atoms with Crippen LogP contribution in [0.5, 0.6) is 11.5 Å². The molecule has 1 aromatic carbocycles. The van der Waals surface area contributed by atoms with Crippen LogP contribution in [0.3, 0.4) is 0 Å². The molecule has 0 heterocycles. The van der Waals surface area contributed by atoms with E-state index in [1.807, 2.05) is 0 Å². The number of hydrogen-bond acceptors (Lipinski definition) is 4. The van der Waals surface area contributed by atoms with Crippen LogP contribution in [0.15, 0.2) is 23.4 Å². The Hall–Kier alpha value is -1.92. The molecule has 0 aliphatic carbocycles. The van der Waals surface area contributed by atoms with Gasteiger partial charge in [-0.15, -0.1) is 0 Å². The Labute approximate surface area is 114 Å². The van der Waals surface area contributed by atoms with Gasteiger partial charge in [-0.1, -0.05) is 5.16 Å². The van der Waals surface area contributed by atoms with E-state index in [1.165, 1.54) is 7.11 Å². The average molecular weight is 291 g/mol. The predicted octanol–water partition coefficient (Wildman–Crippen LogP) is 3.61. The average Bonchev–Trinajstić information content (AvgIpc) is 2.41. The van der Waals surface area contributed by atoms with Crippen molar-refractivity contribution < 1.29 is 27.9 Å². The van der Waals surface area contributed by atoms with Gasteiger partial charge in [0.2, 0.25) is 0 Å². The lowest BCUT2D eigenvalue weighted by Gasteiger charge is -2.12. The van der Waals surface area contributed by atoms with Crippen LogP contribution in [0.1, 0.15) is 25.3 Å². The second-order valence-electron chi connectivity index (χ2n) is 4.12. The van der Waals surface area contributed by atoms with Gasteiger partial charge in [0.15, 0.2) is 11.5 Å². The maximum Gasteiger partial charge on any atom is 0.389 e. The Bertz CT molecular complexity index is 472. The molecule has 0 aromatic heterocycles. The van der Waals surface area contributed by atoms with Crippen molar-refractivity contribution in [2.24, 2.45) is 5.16 Å². The molecule has 20 heavy (non-hydrogen) atoms. The van der Waals surface area contributed by atoms with Crippen molar-refractivity contribution in [1.82, 2.24) is 0 Å². The maximum atomic E-state index is 12.0. The molecule has 0 bridgehead atoms. The third kappa shape index (κ3) is 4.99. The van der Waals surface area contributed by atoms with E-state index in [4.69, 9.17) is 14.7 Å². The summed E-state index contributed by atoms with van der Waals surface area (Å²) in [6, 6.07) is 4.79. The molecule has 0 radical (unpaired) electrons. The minimum Gasteiger partial charge on any atom is -0.493 e. The zero-order chi connectivity index (χ0) is 15.2. The number of methoxy groups -OCH3 is 1. The molecule has 1 N–H and O–H groups in total. The van der Waals surface area contributed by atoms with Crippen molar-refractivity contribution >= 4 is 5.71 Å². The van der Waals surface area contributed by atoms with E-state index in [1.54, 1.807) is 25.1 Å². The number of hydrogen-bond donors (Lipinski definition) is 1. The molecule has 0 spiro atoms. The van der Waals surface area contributed by atoms with Gasteiger partial charge in [0.25, 0.3) is 0 Å². The highest BCUT2D eigenvalue weighted by atomic mass is 19.4. The topological polar surface area (TPSA) is 51.0 Å². The summed E-state index contributed by atoms with van der Waals surface area (Å²) in [7, 11) is 1.42. The standard InChI is InChI=1S/C13H16F3NO3/c1-9(17-18)10-4-5-11(12(8-10)19-2)20-7-3-6-13(14,15)16/h4-5,8,18H,3,6-7H2,1-2H3/b17-9+. The highest BCUT2D eigenvalue weighted by molar-refractivity contribution is 5.98. The third-order valence-corrected chi connectivity index (χ3v) is 2.59. The number of halogens is 3. The molecular formula is C13H16F3NO3. The van der Waals surface area contributed by atoms with Gasteiger partial charge in [0.05, 0.1) is 19.4 Å². The number of oxime groups is 1. The molecule has 0 saturated heterocycles. The highest BCUT2D eigenvalue weighted by Crippen LogP contribution is 2.29. The molecule has 112 valence electrons. The lowest BCUT2D eigenvalue weighted by molar-refractivity contribution is -0.136. The summed E-state index contributed by atoms with van der Waals surface area (Å²) >= 11 is 0. The Kier molecular flexibility index (Phi) is 5.66. The first-order valence-corrected chi connectivity index (χ1v) is 5.94. The van der Waals surface area contributed by atoms with Crippen molar-refractivity contribution in [3.05, 3.63) is 23.8 Å². The molecule has 4 nitrogen and oxygen atoms in total.